The van der Waals surface area contributed by atoms with Crippen LogP contribution < -0.4 is 14.4 Å². The number of anilines is 1. The smallest absolute Gasteiger partial charge is 0.253 e. The molecule has 6 heteroatoms. The van der Waals surface area contributed by atoms with Gasteiger partial charge in [0.2, 0.25) is 12.7 Å². The number of benzene rings is 2. The Morgan fingerprint density at radius 3 is 2.79 bits per heavy atom. The van der Waals surface area contributed by atoms with Crippen molar-refractivity contribution in [2.75, 3.05) is 31.3 Å². The van der Waals surface area contributed by atoms with Crippen LogP contribution in [0.25, 0.3) is 0 Å². The van der Waals surface area contributed by atoms with Crippen LogP contribution in [-0.4, -0.2) is 43.1 Å². The van der Waals surface area contributed by atoms with Gasteiger partial charge in [-0.1, -0.05) is 12.1 Å². The molecular formula is C22H22N2O4. The first kappa shape index (κ1) is 17.1. The molecule has 1 unspecified atom stereocenters. The Labute approximate surface area is 163 Å². The lowest BCUT2D eigenvalue weighted by Crippen LogP contribution is -2.29. The van der Waals surface area contributed by atoms with Crippen molar-refractivity contribution in [2.45, 2.75) is 25.2 Å². The predicted octanol–water partition coefficient (Wildman–Crippen LogP) is 3.17. The van der Waals surface area contributed by atoms with Crippen LogP contribution in [0.5, 0.6) is 11.5 Å². The van der Waals surface area contributed by atoms with Crippen LogP contribution in [0.15, 0.2) is 42.5 Å². The van der Waals surface area contributed by atoms with E-state index in [4.69, 9.17) is 9.47 Å². The normalized spacial score (nSPS) is 20.9. The van der Waals surface area contributed by atoms with Gasteiger partial charge in [-0.25, -0.2) is 0 Å². The average molecular weight is 378 g/mol. The molecule has 5 rings (SSSR count). The Morgan fingerprint density at radius 2 is 1.93 bits per heavy atom. The number of likely N-dealkylation sites (tertiary alicyclic amines) is 1. The maximum Gasteiger partial charge on any atom is 0.253 e. The average Bonchev–Trinajstić information content (AvgIpc) is 3.47. The highest BCUT2D eigenvalue weighted by molar-refractivity contribution is 5.99. The molecule has 0 saturated carbocycles. The molecule has 0 N–H and O–H groups in total. The Balaban J connectivity index is 1.31. The van der Waals surface area contributed by atoms with E-state index >= 15 is 0 Å². The van der Waals surface area contributed by atoms with Crippen LogP contribution in [-0.2, 0) is 4.79 Å². The van der Waals surface area contributed by atoms with E-state index in [2.05, 4.69) is 6.07 Å². The largest absolute Gasteiger partial charge is 0.454 e. The summed E-state index contributed by atoms with van der Waals surface area (Å²) in [6.45, 7) is 2.41. The standard InChI is InChI=1S/C22H22N2O4/c25-21-5-2-9-24(21)18-4-1-3-16(11-18)22(26)23-10-8-17(13-23)15-6-7-19-20(12-15)28-14-27-19/h1,3-4,6-7,11-12,17H,2,5,8-10,13-14H2. The van der Waals surface area contributed by atoms with E-state index in [1.807, 2.05) is 41.3 Å². The summed E-state index contributed by atoms with van der Waals surface area (Å²) >= 11 is 0. The lowest BCUT2D eigenvalue weighted by molar-refractivity contribution is -0.117. The van der Waals surface area contributed by atoms with Gasteiger partial charge in [-0.15, -0.1) is 0 Å². The molecule has 2 fully saturated rings. The topological polar surface area (TPSA) is 59.1 Å². The second kappa shape index (κ2) is 6.86. The van der Waals surface area contributed by atoms with Gasteiger partial charge in [-0.2, -0.15) is 0 Å². The van der Waals surface area contributed by atoms with Crippen LogP contribution >= 0.6 is 0 Å². The SMILES string of the molecule is O=C(c1cccc(N2CCCC2=O)c1)N1CCC(c2ccc3c(c2)OCO3)C1. The van der Waals surface area contributed by atoms with Gasteiger partial charge in [-0.05, 0) is 48.7 Å². The summed E-state index contributed by atoms with van der Waals surface area (Å²) in [6, 6.07) is 13.5. The van der Waals surface area contributed by atoms with Gasteiger partial charge in [-0.3, -0.25) is 9.59 Å². The molecule has 3 aliphatic heterocycles. The number of amides is 2. The van der Waals surface area contributed by atoms with Crippen LogP contribution in [0.3, 0.4) is 0 Å². The monoisotopic (exact) mass is 378 g/mol. The first-order chi connectivity index (χ1) is 13.7. The zero-order chi connectivity index (χ0) is 19.1. The van der Waals surface area contributed by atoms with Crippen LogP contribution in [0.4, 0.5) is 5.69 Å². The summed E-state index contributed by atoms with van der Waals surface area (Å²) in [5.41, 5.74) is 2.64. The molecule has 2 amide bonds. The summed E-state index contributed by atoms with van der Waals surface area (Å²) in [7, 11) is 0. The summed E-state index contributed by atoms with van der Waals surface area (Å²) in [6.07, 6.45) is 2.39. The van der Waals surface area contributed by atoms with E-state index in [9.17, 15) is 9.59 Å². The molecule has 28 heavy (non-hydrogen) atoms. The van der Waals surface area contributed by atoms with Gasteiger partial charge in [0.15, 0.2) is 11.5 Å². The number of carbonyl (C=O) groups excluding carboxylic acids is 2. The second-order valence-corrected chi connectivity index (χ2v) is 7.55. The minimum atomic E-state index is 0.0248. The van der Waals surface area contributed by atoms with Crippen molar-refractivity contribution >= 4 is 17.5 Å². The quantitative estimate of drug-likeness (QED) is 0.823. The second-order valence-electron chi connectivity index (χ2n) is 7.55. The van der Waals surface area contributed by atoms with E-state index in [-0.39, 0.29) is 18.6 Å². The van der Waals surface area contributed by atoms with Crippen molar-refractivity contribution in [1.29, 1.82) is 0 Å². The van der Waals surface area contributed by atoms with Crippen LogP contribution in [0, 0.1) is 0 Å². The maximum atomic E-state index is 13.0. The molecule has 3 aliphatic rings. The van der Waals surface area contributed by atoms with Crippen molar-refractivity contribution in [3.8, 4) is 11.5 Å². The van der Waals surface area contributed by atoms with Gasteiger partial charge in [0.05, 0.1) is 0 Å². The first-order valence-corrected chi connectivity index (χ1v) is 9.78. The summed E-state index contributed by atoms with van der Waals surface area (Å²) in [4.78, 5) is 28.7. The summed E-state index contributed by atoms with van der Waals surface area (Å²) in [5, 5.41) is 0. The molecule has 0 radical (unpaired) electrons. The molecule has 0 spiro atoms. The molecule has 1 atom stereocenters. The third kappa shape index (κ3) is 2.99. The van der Waals surface area contributed by atoms with Crippen molar-refractivity contribution < 1.29 is 19.1 Å². The Hall–Kier alpha value is -3.02. The molecule has 0 bridgehead atoms. The zero-order valence-corrected chi connectivity index (χ0v) is 15.6. The molecule has 2 saturated heterocycles. The molecular weight excluding hydrogens is 356 g/mol. The highest BCUT2D eigenvalue weighted by Crippen LogP contribution is 2.37. The van der Waals surface area contributed by atoms with Crippen LogP contribution in [0.1, 0.15) is 41.1 Å². The molecule has 0 aliphatic carbocycles. The van der Waals surface area contributed by atoms with Crippen molar-refractivity contribution in [1.82, 2.24) is 4.90 Å². The number of fused-ring (bicyclic) bond motifs is 1. The number of ether oxygens (including phenoxy) is 2. The zero-order valence-electron chi connectivity index (χ0n) is 15.6. The molecule has 0 aromatic heterocycles. The first-order valence-electron chi connectivity index (χ1n) is 9.78. The minimum Gasteiger partial charge on any atom is -0.454 e. The summed E-state index contributed by atoms with van der Waals surface area (Å²) < 4.78 is 10.9. The van der Waals surface area contributed by atoms with E-state index in [0.717, 1.165) is 43.1 Å². The lowest BCUT2D eigenvalue weighted by Gasteiger charge is -2.19. The fourth-order valence-corrected chi connectivity index (χ4v) is 4.29. The number of hydrogen-bond acceptors (Lipinski definition) is 4. The molecule has 6 nitrogen and oxygen atoms in total. The maximum absolute atomic E-state index is 13.0. The van der Waals surface area contributed by atoms with E-state index in [1.54, 1.807) is 4.90 Å². The van der Waals surface area contributed by atoms with E-state index in [1.165, 1.54) is 5.56 Å². The van der Waals surface area contributed by atoms with E-state index in [0.29, 0.717) is 24.4 Å². The van der Waals surface area contributed by atoms with Gasteiger partial charge >= 0.3 is 0 Å². The Kier molecular flexibility index (Phi) is 4.19. The number of nitrogens with zero attached hydrogens (tertiary/aromatic N) is 2. The minimum absolute atomic E-state index is 0.0248. The van der Waals surface area contributed by atoms with Gasteiger partial charge in [0, 0.05) is 43.2 Å². The highest BCUT2D eigenvalue weighted by Gasteiger charge is 2.30. The molecule has 3 heterocycles. The third-order valence-electron chi connectivity index (χ3n) is 5.82. The van der Waals surface area contributed by atoms with Gasteiger partial charge in [0.1, 0.15) is 0 Å². The van der Waals surface area contributed by atoms with Crippen molar-refractivity contribution in [3.63, 3.8) is 0 Å². The molecule has 144 valence electrons. The molecule has 2 aromatic carbocycles. The predicted molar refractivity (Wildman–Crippen MR) is 104 cm³/mol. The van der Waals surface area contributed by atoms with Crippen molar-refractivity contribution in [2.24, 2.45) is 0 Å². The third-order valence-corrected chi connectivity index (χ3v) is 5.82. The van der Waals surface area contributed by atoms with E-state index < -0.39 is 0 Å². The fraction of sp³-hybridized carbons (Fsp3) is 0.364. The summed E-state index contributed by atoms with van der Waals surface area (Å²) in [5.74, 6) is 2.01. The number of rotatable bonds is 3. The molecule has 2 aromatic rings. The lowest BCUT2D eigenvalue weighted by atomic mass is 9.98. The Morgan fingerprint density at radius 1 is 1.04 bits per heavy atom. The fourth-order valence-electron chi connectivity index (χ4n) is 4.29. The van der Waals surface area contributed by atoms with Gasteiger partial charge < -0.3 is 19.3 Å². The van der Waals surface area contributed by atoms with Gasteiger partial charge in [0.25, 0.3) is 5.91 Å². The number of carbonyl (C=O) groups is 2. The highest BCUT2D eigenvalue weighted by atomic mass is 16.7. The Bertz CT molecular complexity index is 942. The van der Waals surface area contributed by atoms with Crippen molar-refractivity contribution in [3.05, 3.63) is 53.6 Å². The number of hydrogen-bond donors (Lipinski definition) is 0. The van der Waals surface area contributed by atoms with Crippen LogP contribution in [0.2, 0.25) is 0 Å².